The van der Waals surface area contributed by atoms with E-state index in [1.54, 1.807) is 48.5 Å². The Bertz CT molecular complexity index is 1120. The molecule has 1 amide bonds. The number of hydrogen-bond acceptors (Lipinski definition) is 6. The predicted molar refractivity (Wildman–Crippen MR) is 123 cm³/mol. The molecule has 0 radical (unpaired) electrons. The highest BCUT2D eigenvalue weighted by molar-refractivity contribution is 7.99. The zero-order valence-electron chi connectivity index (χ0n) is 16.5. The second kappa shape index (κ2) is 10.5. The van der Waals surface area contributed by atoms with E-state index < -0.39 is 5.97 Å². The van der Waals surface area contributed by atoms with Crippen LogP contribution in [0.25, 0.3) is 11.4 Å². The van der Waals surface area contributed by atoms with E-state index in [4.69, 9.17) is 23.2 Å². The van der Waals surface area contributed by atoms with Crippen LogP contribution in [-0.4, -0.2) is 39.5 Å². The molecule has 3 rings (SSSR count). The molecule has 7 nitrogen and oxygen atoms in total. The molecule has 0 saturated carbocycles. The molecule has 0 fully saturated rings. The van der Waals surface area contributed by atoms with Gasteiger partial charge in [0.25, 0.3) is 0 Å². The highest BCUT2D eigenvalue weighted by atomic mass is 35.5. The number of nitrogens with zero attached hydrogens (tertiary/aromatic N) is 3. The molecular formula is C21H18Cl2N4O3S. The summed E-state index contributed by atoms with van der Waals surface area (Å²) in [6, 6.07) is 11.6. The van der Waals surface area contributed by atoms with Crippen molar-refractivity contribution in [2.45, 2.75) is 11.7 Å². The zero-order chi connectivity index (χ0) is 22.4. The molecule has 0 aliphatic rings. The van der Waals surface area contributed by atoms with E-state index in [0.29, 0.717) is 44.4 Å². The van der Waals surface area contributed by atoms with E-state index in [1.807, 2.05) is 4.57 Å². The summed E-state index contributed by atoms with van der Waals surface area (Å²) in [4.78, 5) is 23.8. The molecule has 3 aromatic rings. The number of nitrogens with one attached hydrogen (secondary N) is 1. The molecule has 0 spiro atoms. The van der Waals surface area contributed by atoms with E-state index >= 15 is 0 Å². The zero-order valence-corrected chi connectivity index (χ0v) is 18.8. The van der Waals surface area contributed by atoms with E-state index in [2.05, 4.69) is 26.8 Å². The average Bonchev–Trinajstić information content (AvgIpc) is 3.15. The highest BCUT2D eigenvalue weighted by Crippen LogP contribution is 2.31. The largest absolute Gasteiger partial charge is 0.465 e. The maximum absolute atomic E-state index is 12.4. The van der Waals surface area contributed by atoms with Gasteiger partial charge in [0.1, 0.15) is 0 Å². The van der Waals surface area contributed by atoms with Crippen molar-refractivity contribution in [1.82, 2.24) is 14.8 Å². The lowest BCUT2D eigenvalue weighted by Gasteiger charge is -2.09. The van der Waals surface area contributed by atoms with Crippen LogP contribution in [0.3, 0.4) is 0 Å². The van der Waals surface area contributed by atoms with E-state index in [1.165, 1.54) is 18.9 Å². The number of halogens is 2. The fourth-order valence-electron chi connectivity index (χ4n) is 2.69. The molecule has 1 aromatic heterocycles. The molecule has 2 aromatic carbocycles. The SMILES string of the molecule is C=CCn1c(SCC(=O)Nc2ccc(C(=O)OC)cc2)nnc1-c1ccc(Cl)cc1Cl. The van der Waals surface area contributed by atoms with Crippen LogP contribution in [0.2, 0.25) is 10.0 Å². The molecule has 1 N–H and O–H groups in total. The first-order chi connectivity index (χ1) is 14.9. The number of amides is 1. The lowest BCUT2D eigenvalue weighted by Crippen LogP contribution is -2.15. The number of hydrogen-bond donors (Lipinski definition) is 1. The number of methoxy groups -OCH3 is 1. The van der Waals surface area contributed by atoms with Gasteiger partial charge in [0, 0.05) is 22.8 Å². The predicted octanol–water partition coefficient (Wildman–Crippen LogP) is 4.96. The van der Waals surface area contributed by atoms with Crippen LogP contribution in [0.1, 0.15) is 10.4 Å². The minimum atomic E-state index is -0.438. The summed E-state index contributed by atoms with van der Waals surface area (Å²) in [5, 5.41) is 12.7. The maximum atomic E-state index is 12.4. The number of ether oxygens (including phenoxy) is 1. The Morgan fingerprint density at radius 3 is 2.58 bits per heavy atom. The molecule has 0 saturated heterocycles. The van der Waals surface area contributed by atoms with Crippen molar-refractivity contribution >= 4 is 52.5 Å². The Morgan fingerprint density at radius 1 is 1.19 bits per heavy atom. The quantitative estimate of drug-likeness (QED) is 0.281. The van der Waals surface area contributed by atoms with Gasteiger partial charge in [-0.3, -0.25) is 9.36 Å². The van der Waals surface area contributed by atoms with Crippen molar-refractivity contribution in [1.29, 1.82) is 0 Å². The minimum Gasteiger partial charge on any atom is -0.465 e. The third kappa shape index (κ3) is 5.66. The highest BCUT2D eigenvalue weighted by Gasteiger charge is 2.17. The van der Waals surface area contributed by atoms with E-state index in [-0.39, 0.29) is 11.7 Å². The monoisotopic (exact) mass is 476 g/mol. The minimum absolute atomic E-state index is 0.113. The fourth-order valence-corrected chi connectivity index (χ4v) is 3.93. The van der Waals surface area contributed by atoms with Gasteiger partial charge in [0.05, 0.1) is 23.4 Å². The average molecular weight is 477 g/mol. The summed E-state index contributed by atoms with van der Waals surface area (Å²) >= 11 is 13.5. The maximum Gasteiger partial charge on any atom is 0.337 e. The van der Waals surface area contributed by atoms with Crippen molar-refractivity contribution in [2.75, 3.05) is 18.2 Å². The molecule has 0 aliphatic heterocycles. The van der Waals surface area contributed by atoms with Gasteiger partial charge in [0.15, 0.2) is 11.0 Å². The molecule has 0 bridgehead atoms. The van der Waals surface area contributed by atoms with Gasteiger partial charge in [-0.05, 0) is 42.5 Å². The Kier molecular flexibility index (Phi) is 7.73. The van der Waals surface area contributed by atoms with Gasteiger partial charge in [0.2, 0.25) is 5.91 Å². The lowest BCUT2D eigenvalue weighted by molar-refractivity contribution is -0.113. The van der Waals surface area contributed by atoms with Gasteiger partial charge >= 0.3 is 5.97 Å². The van der Waals surface area contributed by atoms with Crippen LogP contribution >= 0.6 is 35.0 Å². The van der Waals surface area contributed by atoms with Crippen LogP contribution in [-0.2, 0) is 16.1 Å². The van der Waals surface area contributed by atoms with Crippen molar-refractivity contribution in [2.24, 2.45) is 0 Å². The molecular weight excluding hydrogens is 459 g/mol. The van der Waals surface area contributed by atoms with Crippen molar-refractivity contribution in [3.63, 3.8) is 0 Å². The van der Waals surface area contributed by atoms with Crippen LogP contribution in [0.5, 0.6) is 0 Å². The molecule has 31 heavy (non-hydrogen) atoms. The number of benzene rings is 2. The number of aromatic nitrogens is 3. The van der Waals surface area contributed by atoms with Crippen molar-refractivity contribution < 1.29 is 14.3 Å². The number of carbonyl (C=O) groups excluding carboxylic acids is 2. The molecule has 0 aliphatic carbocycles. The Balaban J connectivity index is 1.70. The number of rotatable bonds is 8. The first-order valence-corrected chi connectivity index (χ1v) is 10.8. The van der Waals surface area contributed by atoms with Gasteiger partial charge in [-0.15, -0.1) is 16.8 Å². The number of thioether (sulfide) groups is 1. The number of allylic oxidation sites excluding steroid dienone is 1. The summed E-state index contributed by atoms with van der Waals surface area (Å²) in [5.41, 5.74) is 1.66. The molecule has 0 unspecified atom stereocenters. The number of carbonyl (C=O) groups is 2. The van der Waals surface area contributed by atoms with Gasteiger partial charge in [-0.1, -0.05) is 41.0 Å². The third-order valence-corrected chi connectivity index (χ3v) is 5.64. The molecule has 10 heteroatoms. The summed E-state index contributed by atoms with van der Waals surface area (Å²) < 4.78 is 6.48. The Morgan fingerprint density at radius 2 is 1.94 bits per heavy atom. The molecule has 160 valence electrons. The summed E-state index contributed by atoms with van der Waals surface area (Å²) in [6.07, 6.45) is 1.71. The fraction of sp³-hybridized carbons (Fsp3) is 0.143. The van der Waals surface area contributed by atoms with Gasteiger partial charge < -0.3 is 10.1 Å². The standard InChI is InChI=1S/C21H18Cl2N4O3S/c1-3-10-27-19(16-9-6-14(22)11-17(16)23)25-26-21(27)31-12-18(28)24-15-7-4-13(5-8-15)20(29)30-2/h3-9,11H,1,10,12H2,2H3,(H,24,28). The smallest absolute Gasteiger partial charge is 0.337 e. The van der Waals surface area contributed by atoms with Gasteiger partial charge in [-0.25, -0.2) is 4.79 Å². The van der Waals surface area contributed by atoms with Crippen LogP contribution < -0.4 is 5.32 Å². The first-order valence-electron chi connectivity index (χ1n) is 9.03. The molecule has 1 heterocycles. The second-order valence-electron chi connectivity index (χ2n) is 6.24. The van der Waals surface area contributed by atoms with Crippen molar-refractivity contribution in [3.8, 4) is 11.4 Å². The van der Waals surface area contributed by atoms with Gasteiger partial charge in [-0.2, -0.15) is 0 Å². The van der Waals surface area contributed by atoms with E-state index in [9.17, 15) is 9.59 Å². The van der Waals surface area contributed by atoms with Crippen molar-refractivity contribution in [3.05, 3.63) is 70.7 Å². The second-order valence-corrected chi connectivity index (χ2v) is 8.02. The Hall–Kier alpha value is -2.81. The number of esters is 1. The van der Waals surface area contributed by atoms with E-state index in [0.717, 1.165) is 0 Å². The normalized spacial score (nSPS) is 10.5. The van der Waals surface area contributed by atoms with Crippen LogP contribution in [0.4, 0.5) is 5.69 Å². The molecule has 0 atom stereocenters. The first kappa shape index (κ1) is 22.9. The Labute approximate surface area is 193 Å². The summed E-state index contributed by atoms with van der Waals surface area (Å²) in [5.74, 6) is 0.00653. The lowest BCUT2D eigenvalue weighted by atomic mass is 10.2. The van der Waals surface area contributed by atoms with Crippen LogP contribution in [0, 0.1) is 0 Å². The summed E-state index contributed by atoms with van der Waals surface area (Å²) in [7, 11) is 1.31. The third-order valence-electron chi connectivity index (χ3n) is 4.12. The number of anilines is 1. The summed E-state index contributed by atoms with van der Waals surface area (Å²) in [6.45, 7) is 4.22. The topological polar surface area (TPSA) is 86.1 Å². The van der Waals surface area contributed by atoms with Crippen LogP contribution in [0.15, 0.2) is 60.3 Å².